The number of carbonyl (C=O) groups excluding carboxylic acids is 2. The van der Waals surface area contributed by atoms with Crippen LogP contribution in [-0.4, -0.2) is 50.0 Å². The predicted octanol–water partition coefficient (Wildman–Crippen LogP) is 3.70. The van der Waals surface area contributed by atoms with Crippen LogP contribution in [0.1, 0.15) is 38.3 Å². The molecule has 0 aromatic heterocycles. The van der Waals surface area contributed by atoms with E-state index in [0.29, 0.717) is 5.69 Å². The highest BCUT2D eigenvalue weighted by Gasteiger charge is 2.30. The van der Waals surface area contributed by atoms with Crippen molar-refractivity contribution in [3.63, 3.8) is 0 Å². The third-order valence-electron chi connectivity index (χ3n) is 5.56. The van der Waals surface area contributed by atoms with Crippen LogP contribution in [0.15, 0.2) is 48.5 Å². The van der Waals surface area contributed by atoms with Gasteiger partial charge in [-0.2, -0.15) is 0 Å². The van der Waals surface area contributed by atoms with Gasteiger partial charge in [0.1, 0.15) is 12.6 Å². The van der Waals surface area contributed by atoms with E-state index in [9.17, 15) is 18.0 Å². The molecular formula is C24H32IN3O4S. The maximum atomic E-state index is 13.5. The van der Waals surface area contributed by atoms with Gasteiger partial charge >= 0.3 is 0 Å². The monoisotopic (exact) mass is 585 g/mol. The van der Waals surface area contributed by atoms with Crippen LogP contribution in [0, 0.1) is 10.5 Å². The number of anilines is 1. The molecule has 0 radical (unpaired) electrons. The highest BCUT2D eigenvalue weighted by molar-refractivity contribution is 14.1. The third-order valence-corrected chi connectivity index (χ3v) is 7.42. The molecule has 0 saturated heterocycles. The summed E-state index contributed by atoms with van der Waals surface area (Å²) in [5, 5.41) is 2.92. The largest absolute Gasteiger partial charge is 0.352 e. The van der Waals surface area contributed by atoms with Gasteiger partial charge in [-0.25, -0.2) is 8.42 Å². The molecule has 0 saturated carbocycles. The summed E-state index contributed by atoms with van der Waals surface area (Å²) >= 11 is 2.13. The van der Waals surface area contributed by atoms with Crippen molar-refractivity contribution in [1.29, 1.82) is 0 Å². The summed E-state index contributed by atoms with van der Waals surface area (Å²) in [7, 11) is -3.73. The summed E-state index contributed by atoms with van der Waals surface area (Å²) in [6, 6.07) is 13.7. The number of hydrogen-bond donors (Lipinski definition) is 1. The minimum absolute atomic E-state index is 0.0327. The van der Waals surface area contributed by atoms with E-state index in [1.807, 2.05) is 45.0 Å². The van der Waals surface area contributed by atoms with Gasteiger partial charge < -0.3 is 10.2 Å². The van der Waals surface area contributed by atoms with Crippen LogP contribution in [0.3, 0.4) is 0 Å². The van der Waals surface area contributed by atoms with Gasteiger partial charge in [-0.1, -0.05) is 31.2 Å². The van der Waals surface area contributed by atoms with E-state index in [1.165, 1.54) is 4.90 Å². The van der Waals surface area contributed by atoms with Gasteiger partial charge in [0.25, 0.3) is 0 Å². The van der Waals surface area contributed by atoms with Gasteiger partial charge in [0.15, 0.2) is 0 Å². The lowest BCUT2D eigenvalue weighted by Gasteiger charge is -2.32. The molecule has 180 valence electrons. The highest BCUT2D eigenvalue weighted by atomic mass is 127. The number of hydrogen-bond acceptors (Lipinski definition) is 4. The molecule has 2 unspecified atom stereocenters. The molecule has 0 heterocycles. The molecular weight excluding hydrogens is 553 g/mol. The Morgan fingerprint density at radius 2 is 1.67 bits per heavy atom. The Balaban J connectivity index is 2.39. The van der Waals surface area contributed by atoms with Crippen molar-refractivity contribution in [2.45, 2.75) is 52.7 Å². The lowest BCUT2D eigenvalue weighted by Crippen LogP contribution is -2.52. The van der Waals surface area contributed by atoms with Gasteiger partial charge in [-0.3, -0.25) is 13.9 Å². The first-order chi connectivity index (χ1) is 15.4. The summed E-state index contributed by atoms with van der Waals surface area (Å²) in [6.45, 7) is 7.29. The molecule has 9 heteroatoms. The van der Waals surface area contributed by atoms with Crippen LogP contribution in [0.2, 0.25) is 0 Å². The van der Waals surface area contributed by atoms with Crippen LogP contribution in [0.5, 0.6) is 0 Å². The van der Waals surface area contributed by atoms with Crippen LogP contribution in [0.4, 0.5) is 5.69 Å². The normalized spacial score (nSPS) is 13.2. The van der Waals surface area contributed by atoms with E-state index in [0.717, 1.165) is 31.7 Å². The fraction of sp³-hybridized carbons (Fsp3) is 0.417. The number of amides is 2. The molecule has 2 rings (SSSR count). The molecule has 0 spiro atoms. The first-order valence-electron chi connectivity index (χ1n) is 10.8. The molecule has 0 bridgehead atoms. The summed E-state index contributed by atoms with van der Waals surface area (Å²) in [5.41, 5.74) is 2.29. The van der Waals surface area contributed by atoms with Crippen LogP contribution in [-0.2, 0) is 26.2 Å². The quantitative estimate of drug-likeness (QED) is 0.431. The van der Waals surface area contributed by atoms with Gasteiger partial charge in [-0.15, -0.1) is 0 Å². The van der Waals surface area contributed by atoms with E-state index in [4.69, 9.17) is 0 Å². The highest BCUT2D eigenvalue weighted by Crippen LogP contribution is 2.21. The second-order valence-electron chi connectivity index (χ2n) is 8.19. The van der Waals surface area contributed by atoms with Gasteiger partial charge in [0.2, 0.25) is 21.8 Å². The zero-order valence-electron chi connectivity index (χ0n) is 19.7. The standard InChI is InChI=1S/C24H32IN3O4S/c1-6-18(3)26-24(30)19(4)27(15-20-10-8-7-9-17(20)2)23(29)16-28(33(5,31)32)22-13-11-21(25)12-14-22/h7-14,18-19H,6,15-16H2,1-5H3,(H,26,30). The number of rotatable bonds is 10. The number of nitrogens with zero attached hydrogens (tertiary/aromatic N) is 2. The first kappa shape index (κ1) is 27.1. The summed E-state index contributed by atoms with van der Waals surface area (Å²) in [5.74, 6) is -0.722. The molecule has 2 aromatic carbocycles. The molecule has 2 amide bonds. The van der Waals surface area contributed by atoms with Crippen molar-refractivity contribution in [3.8, 4) is 0 Å². The van der Waals surface area contributed by atoms with Crippen LogP contribution >= 0.6 is 22.6 Å². The fourth-order valence-electron chi connectivity index (χ4n) is 3.24. The minimum atomic E-state index is -3.73. The van der Waals surface area contributed by atoms with E-state index in [-0.39, 0.29) is 18.5 Å². The molecule has 0 aliphatic carbocycles. The maximum absolute atomic E-state index is 13.5. The van der Waals surface area contributed by atoms with Crippen LogP contribution < -0.4 is 9.62 Å². The van der Waals surface area contributed by atoms with Crippen molar-refractivity contribution in [3.05, 3.63) is 63.2 Å². The van der Waals surface area contributed by atoms with Gasteiger partial charge in [0.05, 0.1) is 11.9 Å². The molecule has 33 heavy (non-hydrogen) atoms. The number of benzene rings is 2. The molecule has 0 fully saturated rings. The first-order valence-corrected chi connectivity index (χ1v) is 13.7. The van der Waals surface area contributed by atoms with Crippen molar-refractivity contribution >= 4 is 50.1 Å². The second kappa shape index (κ2) is 11.8. The molecule has 2 atom stereocenters. The van der Waals surface area contributed by atoms with Gasteiger partial charge in [0, 0.05) is 16.2 Å². The number of halogens is 1. The fourth-order valence-corrected chi connectivity index (χ4v) is 4.45. The second-order valence-corrected chi connectivity index (χ2v) is 11.3. The molecule has 1 N–H and O–H groups in total. The van der Waals surface area contributed by atoms with Crippen molar-refractivity contribution in [1.82, 2.24) is 10.2 Å². The Morgan fingerprint density at radius 1 is 1.06 bits per heavy atom. The van der Waals surface area contributed by atoms with Crippen molar-refractivity contribution in [2.24, 2.45) is 0 Å². The Labute approximate surface area is 210 Å². The molecule has 2 aromatic rings. The number of sulfonamides is 1. The molecule has 0 aliphatic rings. The zero-order valence-corrected chi connectivity index (χ0v) is 22.7. The molecule has 7 nitrogen and oxygen atoms in total. The Hall–Kier alpha value is -2.14. The average molecular weight is 586 g/mol. The van der Waals surface area contributed by atoms with E-state index >= 15 is 0 Å². The Bertz CT molecular complexity index is 1070. The number of aryl methyl sites for hydroxylation is 1. The number of carbonyl (C=O) groups is 2. The Kier molecular flexibility index (Phi) is 9.71. The van der Waals surface area contributed by atoms with E-state index in [1.54, 1.807) is 31.2 Å². The summed E-state index contributed by atoms with van der Waals surface area (Å²) < 4.78 is 27.1. The summed E-state index contributed by atoms with van der Waals surface area (Å²) in [6.07, 6.45) is 1.84. The molecule has 0 aliphatic heterocycles. The third kappa shape index (κ3) is 7.70. The lowest BCUT2D eigenvalue weighted by molar-refractivity contribution is -0.139. The van der Waals surface area contributed by atoms with Crippen molar-refractivity contribution in [2.75, 3.05) is 17.1 Å². The zero-order chi connectivity index (χ0) is 24.8. The lowest BCUT2D eigenvalue weighted by atomic mass is 10.1. The van der Waals surface area contributed by atoms with Crippen LogP contribution in [0.25, 0.3) is 0 Å². The van der Waals surface area contributed by atoms with Crippen molar-refractivity contribution < 1.29 is 18.0 Å². The summed E-state index contributed by atoms with van der Waals surface area (Å²) in [4.78, 5) is 27.8. The minimum Gasteiger partial charge on any atom is -0.352 e. The topological polar surface area (TPSA) is 86.8 Å². The average Bonchev–Trinajstić information content (AvgIpc) is 2.76. The number of nitrogens with one attached hydrogen (secondary N) is 1. The van der Waals surface area contributed by atoms with E-state index in [2.05, 4.69) is 27.9 Å². The SMILES string of the molecule is CCC(C)NC(=O)C(C)N(Cc1ccccc1C)C(=O)CN(c1ccc(I)cc1)S(C)(=O)=O. The Morgan fingerprint density at radius 3 is 2.21 bits per heavy atom. The smallest absolute Gasteiger partial charge is 0.244 e. The maximum Gasteiger partial charge on any atom is 0.244 e. The van der Waals surface area contributed by atoms with E-state index < -0.39 is 28.5 Å². The predicted molar refractivity (Wildman–Crippen MR) is 140 cm³/mol. The van der Waals surface area contributed by atoms with Gasteiger partial charge in [-0.05, 0) is 85.2 Å².